The third-order valence-corrected chi connectivity index (χ3v) is 0.793. The topological polar surface area (TPSA) is 64.1 Å². The average Bonchev–Trinajstić information content (AvgIpc) is 1.83. The summed E-state index contributed by atoms with van der Waals surface area (Å²) in [6, 6.07) is 0. The molecule has 0 radical (unpaired) electrons. The van der Waals surface area contributed by atoms with Crippen LogP contribution < -0.4 is 16.8 Å². The molecule has 0 saturated carbocycles. The number of hydrogen-bond donors (Lipinski definition) is 3. The van der Waals surface area contributed by atoms with Crippen LogP contribution in [0.1, 0.15) is 6.92 Å². The third kappa shape index (κ3) is 3.49. The molecule has 0 fully saturated rings. The smallest absolute Gasteiger partial charge is 0.0379 e. The van der Waals surface area contributed by atoms with Crippen molar-refractivity contribution in [2.45, 2.75) is 6.92 Å². The van der Waals surface area contributed by atoms with Gasteiger partial charge in [-0.25, -0.2) is 0 Å². The van der Waals surface area contributed by atoms with Crippen molar-refractivity contribution in [3.05, 3.63) is 11.9 Å². The maximum Gasteiger partial charge on any atom is 0.0379 e. The molecule has 48 valence electrons. The highest BCUT2D eigenvalue weighted by Gasteiger charge is 1.82. The molecule has 3 nitrogen and oxygen atoms in total. The first kappa shape index (κ1) is 7.30. The molecule has 0 heterocycles. The van der Waals surface area contributed by atoms with Crippen molar-refractivity contribution in [1.82, 2.24) is 5.32 Å². The highest BCUT2D eigenvalue weighted by Crippen LogP contribution is 1.71. The van der Waals surface area contributed by atoms with E-state index in [4.69, 9.17) is 11.5 Å². The standard InChI is InChI=1S/C5H13N3/c1-2-8-4-5(7)3-6/h3,8H,2,4,6-7H2,1H3/b5-3-. The van der Waals surface area contributed by atoms with Gasteiger partial charge in [-0.3, -0.25) is 0 Å². The average molecular weight is 115 g/mol. The van der Waals surface area contributed by atoms with Crippen LogP contribution in [0, 0.1) is 0 Å². The van der Waals surface area contributed by atoms with Crippen LogP contribution in [0.25, 0.3) is 0 Å². The number of rotatable bonds is 3. The van der Waals surface area contributed by atoms with E-state index in [0.29, 0.717) is 12.2 Å². The van der Waals surface area contributed by atoms with Crippen molar-refractivity contribution in [2.24, 2.45) is 11.5 Å². The van der Waals surface area contributed by atoms with Gasteiger partial charge in [-0.15, -0.1) is 0 Å². The molecule has 0 aliphatic heterocycles. The van der Waals surface area contributed by atoms with Gasteiger partial charge in [0.05, 0.1) is 0 Å². The van der Waals surface area contributed by atoms with Gasteiger partial charge in [0.25, 0.3) is 0 Å². The molecule has 0 aliphatic carbocycles. The van der Waals surface area contributed by atoms with Crippen LogP contribution >= 0.6 is 0 Å². The molecule has 3 heteroatoms. The Balaban J connectivity index is 3.12. The van der Waals surface area contributed by atoms with Crippen LogP contribution in [-0.4, -0.2) is 13.1 Å². The zero-order valence-corrected chi connectivity index (χ0v) is 5.15. The quantitative estimate of drug-likeness (QED) is 0.458. The highest BCUT2D eigenvalue weighted by molar-refractivity contribution is 4.94. The van der Waals surface area contributed by atoms with Crippen molar-refractivity contribution in [1.29, 1.82) is 0 Å². The van der Waals surface area contributed by atoms with Gasteiger partial charge < -0.3 is 16.8 Å². The molecule has 0 amide bonds. The summed E-state index contributed by atoms with van der Waals surface area (Å²) in [4.78, 5) is 0. The molecule has 0 aromatic heterocycles. The summed E-state index contributed by atoms with van der Waals surface area (Å²) in [7, 11) is 0. The van der Waals surface area contributed by atoms with E-state index in [0.717, 1.165) is 6.54 Å². The van der Waals surface area contributed by atoms with E-state index in [-0.39, 0.29) is 0 Å². The summed E-state index contributed by atoms with van der Waals surface area (Å²) in [6.45, 7) is 3.63. The molecule has 0 spiro atoms. The van der Waals surface area contributed by atoms with Gasteiger partial charge in [-0.1, -0.05) is 6.92 Å². The van der Waals surface area contributed by atoms with Crippen LogP contribution in [-0.2, 0) is 0 Å². The SMILES string of the molecule is CCNC/C(N)=C/N. The first-order valence-electron chi connectivity index (χ1n) is 2.68. The second-order valence-electron chi connectivity index (χ2n) is 1.52. The lowest BCUT2D eigenvalue weighted by atomic mass is 10.5. The fraction of sp³-hybridized carbons (Fsp3) is 0.600. The molecule has 0 aliphatic rings. The fourth-order valence-electron chi connectivity index (χ4n) is 0.328. The molecule has 0 saturated heterocycles. The Kier molecular flexibility index (Phi) is 4.07. The summed E-state index contributed by atoms with van der Waals surface area (Å²) in [5, 5.41) is 3.03. The maximum atomic E-state index is 5.33. The molecular weight excluding hydrogens is 102 g/mol. The maximum absolute atomic E-state index is 5.33. The second kappa shape index (κ2) is 4.46. The van der Waals surface area contributed by atoms with E-state index in [1.165, 1.54) is 6.20 Å². The minimum Gasteiger partial charge on any atom is -0.403 e. The third-order valence-electron chi connectivity index (χ3n) is 0.793. The van der Waals surface area contributed by atoms with Crippen LogP contribution in [0.4, 0.5) is 0 Å². The number of hydrogen-bond acceptors (Lipinski definition) is 3. The first-order chi connectivity index (χ1) is 3.81. The summed E-state index contributed by atoms with van der Waals surface area (Å²) in [6.07, 6.45) is 1.41. The minimum absolute atomic E-state index is 0.687. The molecule has 8 heavy (non-hydrogen) atoms. The summed E-state index contributed by atoms with van der Waals surface area (Å²) in [5.41, 5.74) is 11.1. The normalized spacial score (nSPS) is 11.9. The van der Waals surface area contributed by atoms with Crippen molar-refractivity contribution in [3.8, 4) is 0 Å². The van der Waals surface area contributed by atoms with Gasteiger partial charge in [-0.05, 0) is 6.54 Å². The second-order valence-corrected chi connectivity index (χ2v) is 1.52. The summed E-state index contributed by atoms with van der Waals surface area (Å²) in [5.74, 6) is 0. The Hall–Kier alpha value is -0.700. The number of likely N-dealkylation sites (N-methyl/N-ethyl adjacent to an activating group) is 1. The first-order valence-corrected chi connectivity index (χ1v) is 2.68. The van der Waals surface area contributed by atoms with Crippen molar-refractivity contribution in [2.75, 3.05) is 13.1 Å². The predicted octanol–water partition coefficient (Wildman–Crippen LogP) is -0.645. The van der Waals surface area contributed by atoms with Crippen LogP contribution in [0.3, 0.4) is 0 Å². The Labute approximate surface area is 49.7 Å². The van der Waals surface area contributed by atoms with Crippen molar-refractivity contribution < 1.29 is 0 Å². The Morgan fingerprint density at radius 1 is 1.75 bits per heavy atom. The van der Waals surface area contributed by atoms with E-state index >= 15 is 0 Å². The monoisotopic (exact) mass is 115 g/mol. The Morgan fingerprint density at radius 2 is 2.38 bits per heavy atom. The molecule has 0 aromatic carbocycles. The minimum atomic E-state index is 0.687. The van der Waals surface area contributed by atoms with Crippen LogP contribution in [0.2, 0.25) is 0 Å². The largest absolute Gasteiger partial charge is 0.403 e. The van der Waals surface area contributed by atoms with E-state index in [1.54, 1.807) is 0 Å². The van der Waals surface area contributed by atoms with E-state index in [2.05, 4.69) is 5.32 Å². The Bertz CT molecular complexity index is 77.7. The zero-order chi connectivity index (χ0) is 6.41. The molecule has 0 unspecified atom stereocenters. The van der Waals surface area contributed by atoms with Gasteiger partial charge in [0.15, 0.2) is 0 Å². The fourth-order valence-corrected chi connectivity index (χ4v) is 0.328. The van der Waals surface area contributed by atoms with Crippen molar-refractivity contribution in [3.63, 3.8) is 0 Å². The summed E-state index contributed by atoms with van der Waals surface area (Å²) >= 11 is 0. The molecule has 0 bridgehead atoms. The predicted molar refractivity (Wildman–Crippen MR) is 35.0 cm³/mol. The molecule has 5 N–H and O–H groups in total. The van der Waals surface area contributed by atoms with E-state index in [9.17, 15) is 0 Å². The molecule has 0 aromatic rings. The van der Waals surface area contributed by atoms with Crippen molar-refractivity contribution >= 4 is 0 Å². The number of nitrogens with two attached hydrogens (primary N) is 2. The zero-order valence-electron chi connectivity index (χ0n) is 5.15. The van der Waals surface area contributed by atoms with Gasteiger partial charge in [0.2, 0.25) is 0 Å². The lowest BCUT2D eigenvalue weighted by Crippen LogP contribution is -2.20. The highest BCUT2D eigenvalue weighted by atomic mass is 14.9. The van der Waals surface area contributed by atoms with Crippen LogP contribution in [0.5, 0.6) is 0 Å². The lowest BCUT2D eigenvalue weighted by molar-refractivity contribution is 0.769. The van der Waals surface area contributed by atoms with Crippen LogP contribution in [0.15, 0.2) is 11.9 Å². The summed E-state index contributed by atoms with van der Waals surface area (Å²) < 4.78 is 0. The van der Waals surface area contributed by atoms with E-state index in [1.807, 2.05) is 6.92 Å². The van der Waals surface area contributed by atoms with E-state index < -0.39 is 0 Å². The molecule has 0 atom stereocenters. The number of nitrogens with one attached hydrogen (secondary N) is 1. The van der Waals surface area contributed by atoms with Gasteiger partial charge in [0, 0.05) is 18.4 Å². The Morgan fingerprint density at radius 3 is 2.75 bits per heavy atom. The molecular formula is C5H13N3. The van der Waals surface area contributed by atoms with Gasteiger partial charge >= 0.3 is 0 Å². The molecule has 0 rings (SSSR count). The van der Waals surface area contributed by atoms with Gasteiger partial charge in [-0.2, -0.15) is 0 Å². The lowest BCUT2D eigenvalue weighted by Gasteiger charge is -1.98. The van der Waals surface area contributed by atoms with Gasteiger partial charge in [0.1, 0.15) is 0 Å².